The van der Waals surface area contributed by atoms with Crippen LogP contribution in [0.4, 0.5) is 21.6 Å². The van der Waals surface area contributed by atoms with Gasteiger partial charge in [-0.25, -0.2) is 18.3 Å². The summed E-state index contributed by atoms with van der Waals surface area (Å²) in [6.07, 6.45) is 1.53. The number of aryl methyl sites for hydroxylation is 1. The average Bonchev–Trinajstić information content (AvgIpc) is 3.01. The van der Waals surface area contributed by atoms with Gasteiger partial charge in [-0.15, -0.1) is 5.10 Å². The Labute approximate surface area is 174 Å². The number of fused-ring (bicyclic) bond motifs is 1. The van der Waals surface area contributed by atoms with E-state index >= 15 is 0 Å². The Balaban J connectivity index is 1.52. The van der Waals surface area contributed by atoms with Crippen molar-refractivity contribution in [2.45, 2.75) is 13.5 Å². The number of aromatic nitrogens is 4. The lowest BCUT2D eigenvalue weighted by Gasteiger charge is -2.05. The van der Waals surface area contributed by atoms with E-state index in [4.69, 9.17) is 11.6 Å². The fraction of sp³-hybridized carbons (Fsp3) is 0.100. The first kappa shape index (κ1) is 19.6. The van der Waals surface area contributed by atoms with Gasteiger partial charge in [0.2, 0.25) is 5.91 Å². The molecule has 0 saturated carbocycles. The third kappa shape index (κ3) is 4.15. The second kappa shape index (κ2) is 7.96. The zero-order chi connectivity index (χ0) is 21.3. The van der Waals surface area contributed by atoms with Crippen LogP contribution in [-0.2, 0) is 11.3 Å². The highest BCUT2D eigenvalue weighted by molar-refractivity contribution is 6.31. The second-order valence-electron chi connectivity index (χ2n) is 6.59. The van der Waals surface area contributed by atoms with Crippen molar-refractivity contribution < 1.29 is 9.18 Å². The largest absolute Gasteiger partial charge is 0.352 e. The van der Waals surface area contributed by atoms with Crippen molar-refractivity contribution in [1.82, 2.24) is 19.2 Å². The lowest BCUT2D eigenvalue weighted by Crippen LogP contribution is -2.28. The van der Waals surface area contributed by atoms with Crippen LogP contribution < -0.4 is 16.3 Å². The number of anilines is 3. The van der Waals surface area contributed by atoms with Crippen molar-refractivity contribution in [1.29, 1.82) is 0 Å². The second-order valence-corrected chi connectivity index (χ2v) is 7.00. The summed E-state index contributed by atoms with van der Waals surface area (Å²) < 4.78 is 15.5. The van der Waals surface area contributed by atoms with E-state index < -0.39 is 17.4 Å². The lowest BCUT2D eigenvalue weighted by molar-refractivity contribution is -0.117. The first-order chi connectivity index (χ1) is 14.4. The molecule has 0 aliphatic rings. The zero-order valence-electron chi connectivity index (χ0n) is 15.8. The summed E-state index contributed by atoms with van der Waals surface area (Å²) in [7, 11) is 0. The summed E-state index contributed by atoms with van der Waals surface area (Å²) in [5.41, 5.74) is 1.78. The van der Waals surface area contributed by atoms with Gasteiger partial charge in [-0.3, -0.25) is 4.79 Å². The lowest BCUT2D eigenvalue weighted by atomic mass is 10.2. The SMILES string of the molecule is Cc1ccc(Nc2ccn3c(=O)n(CC(=O)Nc4ccc(F)c(Cl)c4)nc3n2)cc1. The molecule has 0 unspecified atom stereocenters. The molecule has 0 aliphatic carbocycles. The highest BCUT2D eigenvalue weighted by atomic mass is 35.5. The van der Waals surface area contributed by atoms with E-state index in [9.17, 15) is 14.0 Å². The molecular weight excluding hydrogens is 411 g/mol. The zero-order valence-corrected chi connectivity index (χ0v) is 16.5. The fourth-order valence-corrected chi connectivity index (χ4v) is 2.95. The van der Waals surface area contributed by atoms with Gasteiger partial charge in [0, 0.05) is 17.6 Å². The van der Waals surface area contributed by atoms with E-state index in [1.807, 2.05) is 31.2 Å². The molecule has 4 rings (SSSR count). The smallest absolute Gasteiger partial charge is 0.340 e. The number of benzene rings is 2. The first-order valence-corrected chi connectivity index (χ1v) is 9.32. The predicted octanol–water partition coefficient (Wildman–Crippen LogP) is 3.37. The molecular formula is C20H16ClFN6O2. The number of carbonyl (C=O) groups is 1. The minimum absolute atomic E-state index is 0.115. The molecule has 4 aromatic rings. The number of nitrogens with zero attached hydrogens (tertiary/aromatic N) is 4. The van der Waals surface area contributed by atoms with E-state index in [0.717, 1.165) is 22.0 Å². The summed E-state index contributed by atoms with van der Waals surface area (Å²) in [6, 6.07) is 13.2. The quantitative estimate of drug-likeness (QED) is 0.510. The van der Waals surface area contributed by atoms with Crippen LogP contribution in [0, 0.1) is 12.7 Å². The molecule has 0 spiro atoms. The normalized spacial score (nSPS) is 10.9. The molecule has 1 amide bonds. The van der Waals surface area contributed by atoms with Gasteiger partial charge in [0.25, 0.3) is 5.78 Å². The molecule has 10 heteroatoms. The maximum Gasteiger partial charge on any atom is 0.352 e. The van der Waals surface area contributed by atoms with Crippen LogP contribution in [0.2, 0.25) is 5.02 Å². The summed E-state index contributed by atoms with van der Waals surface area (Å²) in [5, 5.41) is 9.68. The molecule has 8 nitrogen and oxygen atoms in total. The van der Waals surface area contributed by atoms with E-state index in [2.05, 4.69) is 20.7 Å². The van der Waals surface area contributed by atoms with Crippen molar-refractivity contribution in [2.75, 3.05) is 10.6 Å². The van der Waals surface area contributed by atoms with Crippen molar-refractivity contribution >= 4 is 40.5 Å². The Bertz CT molecular complexity index is 1300. The molecule has 2 N–H and O–H groups in total. The first-order valence-electron chi connectivity index (χ1n) is 8.94. The van der Waals surface area contributed by atoms with Gasteiger partial charge in [-0.05, 0) is 43.3 Å². The number of amides is 1. The molecule has 0 radical (unpaired) electrons. The van der Waals surface area contributed by atoms with Crippen LogP contribution in [0.1, 0.15) is 5.56 Å². The van der Waals surface area contributed by atoms with Crippen molar-refractivity contribution in [3.63, 3.8) is 0 Å². The summed E-state index contributed by atoms with van der Waals surface area (Å²) in [4.78, 5) is 29.0. The third-order valence-corrected chi connectivity index (χ3v) is 4.56. The third-order valence-electron chi connectivity index (χ3n) is 4.28. The molecule has 0 bridgehead atoms. The average molecular weight is 427 g/mol. The van der Waals surface area contributed by atoms with Crippen molar-refractivity contribution in [3.8, 4) is 0 Å². The van der Waals surface area contributed by atoms with Gasteiger partial charge in [-0.1, -0.05) is 29.3 Å². The van der Waals surface area contributed by atoms with Gasteiger partial charge >= 0.3 is 5.69 Å². The number of nitrogens with one attached hydrogen (secondary N) is 2. The number of hydrogen-bond acceptors (Lipinski definition) is 5. The Morgan fingerprint density at radius 1 is 1.13 bits per heavy atom. The van der Waals surface area contributed by atoms with E-state index in [1.54, 1.807) is 6.07 Å². The van der Waals surface area contributed by atoms with Crippen LogP contribution in [0.15, 0.2) is 59.5 Å². The minimum atomic E-state index is -0.590. The molecule has 152 valence electrons. The number of hydrogen-bond donors (Lipinski definition) is 2. The maximum absolute atomic E-state index is 13.2. The van der Waals surface area contributed by atoms with Crippen LogP contribution in [-0.4, -0.2) is 25.1 Å². The van der Waals surface area contributed by atoms with Crippen LogP contribution >= 0.6 is 11.6 Å². The van der Waals surface area contributed by atoms with Crippen LogP contribution in [0.25, 0.3) is 5.78 Å². The summed E-state index contributed by atoms with van der Waals surface area (Å²) in [5.74, 6) is -0.447. The molecule has 2 aromatic carbocycles. The van der Waals surface area contributed by atoms with Gasteiger partial charge in [0.05, 0.1) is 5.02 Å². The van der Waals surface area contributed by atoms with Crippen LogP contribution in [0.5, 0.6) is 0 Å². The predicted molar refractivity (Wildman–Crippen MR) is 112 cm³/mol. The highest BCUT2D eigenvalue weighted by Crippen LogP contribution is 2.19. The number of rotatable bonds is 5. The molecule has 30 heavy (non-hydrogen) atoms. The van der Waals surface area contributed by atoms with Gasteiger partial charge < -0.3 is 10.6 Å². The van der Waals surface area contributed by atoms with Crippen molar-refractivity contribution in [3.05, 3.63) is 81.6 Å². The summed E-state index contributed by atoms with van der Waals surface area (Å²) in [6.45, 7) is 1.66. The minimum Gasteiger partial charge on any atom is -0.340 e. The monoisotopic (exact) mass is 426 g/mol. The maximum atomic E-state index is 13.2. The Morgan fingerprint density at radius 3 is 2.60 bits per heavy atom. The van der Waals surface area contributed by atoms with Gasteiger partial charge in [0.15, 0.2) is 0 Å². The number of carbonyl (C=O) groups excluding carboxylic acids is 1. The fourth-order valence-electron chi connectivity index (χ4n) is 2.77. The van der Waals surface area contributed by atoms with E-state index in [1.165, 1.54) is 22.7 Å². The highest BCUT2D eigenvalue weighted by Gasteiger charge is 2.13. The van der Waals surface area contributed by atoms with Gasteiger partial charge in [0.1, 0.15) is 18.2 Å². The topological polar surface area (TPSA) is 93.3 Å². The molecule has 0 atom stereocenters. The Morgan fingerprint density at radius 2 is 1.87 bits per heavy atom. The Kier molecular flexibility index (Phi) is 5.20. The van der Waals surface area contributed by atoms with Crippen molar-refractivity contribution in [2.24, 2.45) is 0 Å². The molecule has 0 fully saturated rings. The molecule has 2 aromatic heterocycles. The van der Waals surface area contributed by atoms with Gasteiger partial charge in [-0.2, -0.15) is 4.98 Å². The Hall–Kier alpha value is -3.72. The standard InChI is InChI=1S/C20H16ClFN6O2/c1-12-2-4-13(5-3-12)23-17-8-9-27-19(25-17)26-28(20(27)30)11-18(29)24-14-6-7-16(22)15(21)10-14/h2-10H,11H2,1H3,(H,24,29)(H,23,25,26). The van der Waals surface area contributed by atoms with E-state index in [-0.39, 0.29) is 17.3 Å². The molecule has 2 heterocycles. The molecule has 0 aliphatic heterocycles. The number of halogens is 2. The molecule has 0 saturated heterocycles. The van der Waals surface area contributed by atoms with Crippen LogP contribution in [0.3, 0.4) is 0 Å². The van der Waals surface area contributed by atoms with E-state index in [0.29, 0.717) is 11.5 Å². The summed E-state index contributed by atoms with van der Waals surface area (Å²) >= 11 is 5.71.